The van der Waals surface area contributed by atoms with Crippen LogP contribution in [0.5, 0.6) is 0 Å². The van der Waals surface area contributed by atoms with E-state index in [2.05, 4.69) is 92.8 Å². The lowest BCUT2D eigenvalue weighted by Gasteiger charge is -2.19. The molecule has 11 heteroatoms. The summed E-state index contributed by atoms with van der Waals surface area (Å²) in [5.41, 5.74) is 5.34. The number of ether oxygens (including phenoxy) is 3. The molecule has 1 fully saturated rings. The Balaban J connectivity index is 2.31. The number of phosphoric acid groups is 1. The smallest absolute Gasteiger partial charge is 0.462 e. The first-order valence-corrected chi connectivity index (χ1v) is 22.7. The molecule has 10 nitrogen and oxygen atoms in total. The summed E-state index contributed by atoms with van der Waals surface area (Å²) in [7, 11) is -4.42. The number of nitrogens with two attached hydrogens (primary N) is 1. The second kappa shape index (κ2) is 36.5. The topological polar surface area (TPSA) is 147 Å². The average Bonchev–Trinajstić information content (AvgIpc) is 3.94. The van der Waals surface area contributed by atoms with Crippen molar-refractivity contribution in [3.63, 3.8) is 0 Å². The average molecular weight is 804 g/mol. The minimum absolute atomic E-state index is 0.0293. The number of phosphoric ester groups is 1. The van der Waals surface area contributed by atoms with Crippen LogP contribution in [-0.2, 0) is 37.4 Å². The van der Waals surface area contributed by atoms with Crippen molar-refractivity contribution < 1.29 is 42.3 Å². The zero-order valence-electron chi connectivity index (χ0n) is 34.5. The van der Waals surface area contributed by atoms with Gasteiger partial charge in [0, 0.05) is 19.4 Å². The minimum atomic E-state index is -4.42. The van der Waals surface area contributed by atoms with Crippen molar-refractivity contribution in [3.05, 3.63) is 85.1 Å². The number of carbonyl (C=O) groups is 2. The highest BCUT2D eigenvalue weighted by atomic mass is 31.2. The number of esters is 2. The second-order valence-electron chi connectivity index (χ2n) is 13.9. The van der Waals surface area contributed by atoms with E-state index in [9.17, 15) is 19.0 Å². The third-order valence-corrected chi connectivity index (χ3v) is 9.66. The van der Waals surface area contributed by atoms with E-state index in [0.29, 0.717) is 19.3 Å². The van der Waals surface area contributed by atoms with Crippen LogP contribution in [0.2, 0.25) is 0 Å². The fourth-order valence-corrected chi connectivity index (χ4v) is 6.18. The molecule has 0 aromatic carbocycles. The van der Waals surface area contributed by atoms with Crippen LogP contribution < -0.4 is 5.73 Å². The number of unbranched alkanes of at least 4 members (excludes halogenated alkanes) is 7. The summed E-state index contributed by atoms with van der Waals surface area (Å²) in [6.07, 6.45) is 47.8. The van der Waals surface area contributed by atoms with Gasteiger partial charge in [-0.3, -0.25) is 18.6 Å². The van der Waals surface area contributed by atoms with Gasteiger partial charge in [-0.2, -0.15) is 0 Å². The molecule has 1 aliphatic rings. The van der Waals surface area contributed by atoms with E-state index < -0.39 is 32.5 Å². The molecule has 0 aromatic heterocycles. The Labute approximate surface area is 339 Å². The van der Waals surface area contributed by atoms with Crippen molar-refractivity contribution in [3.8, 4) is 0 Å². The van der Waals surface area contributed by atoms with E-state index in [1.165, 1.54) is 44.9 Å². The molecule has 318 valence electrons. The molecule has 1 saturated heterocycles. The van der Waals surface area contributed by atoms with Gasteiger partial charge in [0.15, 0.2) is 6.10 Å². The van der Waals surface area contributed by atoms with Gasteiger partial charge in [0.1, 0.15) is 6.61 Å². The zero-order chi connectivity index (χ0) is 40.8. The van der Waals surface area contributed by atoms with Crippen LogP contribution in [0.1, 0.15) is 142 Å². The van der Waals surface area contributed by atoms with Crippen LogP contribution in [0.15, 0.2) is 85.1 Å². The first-order valence-electron chi connectivity index (χ1n) is 21.2. The number of rotatable bonds is 37. The van der Waals surface area contributed by atoms with Crippen molar-refractivity contribution in [2.75, 3.05) is 26.4 Å². The second-order valence-corrected chi connectivity index (χ2v) is 15.3. The van der Waals surface area contributed by atoms with Crippen molar-refractivity contribution in [1.82, 2.24) is 0 Å². The number of hydrogen-bond acceptors (Lipinski definition) is 9. The van der Waals surface area contributed by atoms with E-state index >= 15 is 0 Å². The maximum absolute atomic E-state index is 12.6. The highest BCUT2D eigenvalue weighted by Crippen LogP contribution is 2.43. The molecule has 0 saturated carbocycles. The molecule has 0 aliphatic carbocycles. The van der Waals surface area contributed by atoms with Gasteiger partial charge in [0.05, 0.1) is 25.4 Å². The standard InChI is InChI=1S/C45H74NO9P/c1-3-5-7-9-11-13-15-17-18-19-20-21-23-25-27-29-31-35-44(47)51-39-41(40-53-56(49,50)52-38-37-46)54-45(48)36-32-34-43-42(55-43)33-30-28-26-24-22-16-14-12-10-8-6-4-2/h11-14,17-18,20-22,24-25,27-28,30,41-43H,3-10,15-16,19,23,26,29,31-40,46H2,1-2H3,(H,49,50)/b13-11-,14-12-,18-17-,21-20-,24-22-,27-25-,30-28-/t41-,42?,43?/m1/s1. The Morgan fingerprint density at radius 2 is 1.14 bits per heavy atom. The summed E-state index contributed by atoms with van der Waals surface area (Å²) in [4.78, 5) is 34.9. The molecule has 4 atom stereocenters. The summed E-state index contributed by atoms with van der Waals surface area (Å²) in [6.45, 7) is 3.50. The molecular formula is C45H74NO9P. The lowest BCUT2D eigenvalue weighted by Crippen LogP contribution is -2.29. The molecule has 1 heterocycles. The quantitative estimate of drug-likeness (QED) is 0.0204. The van der Waals surface area contributed by atoms with Crippen molar-refractivity contribution >= 4 is 19.8 Å². The highest BCUT2D eigenvalue weighted by molar-refractivity contribution is 7.47. The number of epoxide rings is 1. The van der Waals surface area contributed by atoms with Crippen LogP contribution in [0.25, 0.3) is 0 Å². The van der Waals surface area contributed by atoms with Crippen molar-refractivity contribution in [1.29, 1.82) is 0 Å². The predicted molar refractivity (Wildman–Crippen MR) is 228 cm³/mol. The molecule has 0 amide bonds. The molecule has 0 spiro atoms. The van der Waals surface area contributed by atoms with E-state index in [1.807, 2.05) is 6.08 Å². The van der Waals surface area contributed by atoms with Crippen LogP contribution in [-0.4, -0.2) is 61.5 Å². The van der Waals surface area contributed by atoms with Gasteiger partial charge in [0.25, 0.3) is 0 Å². The first-order chi connectivity index (χ1) is 27.3. The maximum Gasteiger partial charge on any atom is 0.472 e. The number of allylic oxidation sites excluding steroid dienone is 13. The molecule has 0 radical (unpaired) electrons. The molecular weight excluding hydrogens is 729 g/mol. The number of hydrogen-bond donors (Lipinski definition) is 2. The van der Waals surface area contributed by atoms with E-state index in [0.717, 1.165) is 51.4 Å². The molecule has 3 unspecified atom stereocenters. The highest BCUT2D eigenvalue weighted by Gasteiger charge is 2.36. The summed E-state index contributed by atoms with van der Waals surface area (Å²) in [5, 5.41) is 0. The van der Waals surface area contributed by atoms with Gasteiger partial charge in [-0.15, -0.1) is 0 Å². The Morgan fingerprint density at radius 3 is 1.68 bits per heavy atom. The minimum Gasteiger partial charge on any atom is -0.462 e. The Hall–Kier alpha value is -2.85. The molecule has 3 N–H and O–H groups in total. The van der Waals surface area contributed by atoms with E-state index in [1.54, 1.807) is 0 Å². The predicted octanol–water partition coefficient (Wildman–Crippen LogP) is 11.0. The first kappa shape index (κ1) is 51.2. The number of carbonyl (C=O) groups excluding carboxylic acids is 2. The third-order valence-electron chi connectivity index (χ3n) is 8.68. The Bertz CT molecular complexity index is 1260. The summed E-state index contributed by atoms with van der Waals surface area (Å²) in [5.74, 6) is -0.980. The zero-order valence-corrected chi connectivity index (χ0v) is 35.4. The fourth-order valence-electron chi connectivity index (χ4n) is 5.42. The maximum atomic E-state index is 12.6. The molecule has 1 rings (SSSR count). The third kappa shape index (κ3) is 33.3. The van der Waals surface area contributed by atoms with Crippen LogP contribution in [0.3, 0.4) is 0 Å². The van der Waals surface area contributed by atoms with Gasteiger partial charge < -0.3 is 24.8 Å². The van der Waals surface area contributed by atoms with Crippen molar-refractivity contribution in [2.24, 2.45) is 5.73 Å². The van der Waals surface area contributed by atoms with Gasteiger partial charge >= 0.3 is 19.8 Å². The fraction of sp³-hybridized carbons (Fsp3) is 0.644. The van der Waals surface area contributed by atoms with Gasteiger partial charge in [-0.05, 0) is 89.9 Å². The summed E-state index contributed by atoms with van der Waals surface area (Å²) in [6, 6.07) is 0. The van der Waals surface area contributed by atoms with Crippen LogP contribution >= 0.6 is 7.82 Å². The van der Waals surface area contributed by atoms with Crippen molar-refractivity contribution in [2.45, 2.75) is 161 Å². The van der Waals surface area contributed by atoms with Gasteiger partial charge in [0.2, 0.25) is 0 Å². The summed E-state index contributed by atoms with van der Waals surface area (Å²) < 4.78 is 38.5. The van der Waals surface area contributed by atoms with Gasteiger partial charge in [-0.25, -0.2) is 4.57 Å². The monoisotopic (exact) mass is 804 g/mol. The van der Waals surface area contributed by atoms with Crippen LogP contribution in [0, 0.1) is 0 Å². The largest absolute Gasteiger partial charge is 0.472 e. The SMILES string of the molecule is CCCCC/C=C\C/C=C\C/C=C\C/C=C\CCCC(=O)OC[C@H](COP(=O)(O)OCCN)OC(=O)CCCC1OC1C/C=C\C/C=C\C/C=C\CCCCC. The lowest BCUT2D eigenvalue weighted by molar-refractivity contribution is -0.161. The van der Waals surface area contributed by atoms with Gasteiger partial charge in [-0.1, -0.05) is 125 Å². The molecule has 0 aromatic rings. The Kier molecular flexibility index (Phi) is 33.3. The molecule has 1 aliphatic heterocycles. The summed E-state index contributed by atoms with van der Waals surface area (Å²) >= 11 is 0. The lowest BCUT2D eigenvalue weighted by atomic mass is 10.1. The molecule has 56 heavy (non-hydrogen) atoms. The normalized spacial score (nSPS) is 17.8. The van der Waals surface area contributed by atoms with E-state index in [4.69, 9.17) is 29.0 Å². The Morgan fingerprint density at radius 1 is 0.643 bits per heavy atom. The van der Waals surface area contributed by atoms with Crippen LogP contribution in [0.4, 0.5) is 0 Å². The van der Waals surface area contributed by atoms with E-state index in [-0.39, 0.29) is 44.8 Å². The molecule has 0 bridgehead atoms.